The third kappa shape index (κ3) is 3.00. The molecule has 0 bridgehead atoms. The molecule has 2 aromatic carbocycles. The average molecular weight is 320 g/mol. The summed E-state index contributed by atoms with van der Waals surface area (Å²) in [5.41, 5.74) is -0.274. The lowest BCUT2D eigenvalue weighted by atomic mass is 10.2. The van der Waals surface area contributed by atoms with Gasteiger partial charge in [-0.3, -0.25) is 0 Å². The summed E-state index contributed by atoms with van der Waals surface area (Å²) in [5, 5.41) is 0.158. The molecule has 0 radical (unpaired) electrons. The molecular formula is C13H6Cl3FO2. The van der Waals surface area contributed by atoms with Crippen LogP contribution in [0.5, 0.6) is 5.75 Å². The van der Waals surface area contributed by atoms with E-state index >= 15 is 0 Å². The fourth-order valence-corrected chi connectivity index (χ4v) is 1.88. The Balaban J connectivity index is 2.31. The maximum Gasteiger partial charge on any atom is 0.346 e. The highest BCUT2D eigenvalue weighted by molar-refractivity contribution is 6.43. The van der Waals surface area contributed by atoms with Crippen LogP contribution >= 0.6 is 34.8 Å². The van der Waals surface area contributed by atoms with E-state index in [0.29, 0.717) is 0 Å². The number of rotatable bonds is 2. The Bertz CT molecular complexity index is 644. The van der Waals surface area contributed by atoms with Crippen LogP contribution in [-0.2, 0) is 0 Å². The van der Waals surface area contributed by atoms with E-state index in [1.807, 2.05) is 0 Å². The van der Waals surface area contributed by atoms with Gasteiger partial charge in [0.1, 0.15) is 5.02 Å². The lowest BCUT2D eigenvalue weighted by Gasteiger charge is -2.08. The molecule has 98 valence electrons. The molecule has 0 aliphatic carbocycles. The zero-order valence-corrected chi connectivity index (χ0v) is 11.6. The Morgan fingerprint density at radius 1 is 1.00 bits per heavy atom. The molecule has 0 amide bonds. The largest absolute Gasteiger partial charge is 0.421 e. The van der Waals surface area contributed by atoms with Gasteiger partial charge in [0.25, 0.3) is 0 Å². The van der Waals surface area contributed by atoms with Gasteiger partial charge in [-0.1, -0.05) is 46.9 Å². The molecule has 0 saturated carbocycles. The van der Waals surface area contributed by atoms with Crippen molar-refractivity contribution in [2.24, 2.45) is 0 Å². The highest BCUT2D eigenvalue weighted by Crippen LogP contribution is 2.32. The second-order valence-corrected chi connectivity index (χ2v) is 4.74. The molecule has 0 aromatic heterocycles. The predicted octanol–water partition coefficient (Wildman–Crippen LogP) is 5.01. The van der Waals surface area contributed by atoms with E-state index in [0.717, 1.165) is 0 Å². The minimum Gasteiger partial charge on any atom is -0.421 e. The lowest BCUT2D eigenvalue weighted by molar-refractivity contribution is 0.0730. The van der Waals surface area contributed by atoms with Gasteiger partial charge in [-0.15, -0.1) is 0 Å². The number of halogens is 4. The van der Waals surface area contributed by atoms with Gasteiger partial charge >= 0.3 is 5.97 Å². The Hall–Kier alpha value is -1.29. The van der Waals surface area contributed by atoms with Gasteiger partial charge in [-0.2, -0.15) is 0 Å². The number of benzene rings is 2. The normalized spacial score (nSPS) is 10.3. The molecule has 6 heteroatoms. The van der Waals surface area contributed by atoms with E-state index in [2.05, 4.69) is 0 Å². The molecular weight excluding hydrogens is 313 g/mol. The third-order valence-electron chi connectivity index (χ3n) is 2.29. The van der Waals surface area contributed by atoms with Crippen molar-refractivity contribution in [1.82, 2.24) is 0 Å². The fraction of sp³-hybridized carbons (Fsp3) is 0. The topological polar surface area (TPSA) is 26.3 Å². The summed E-state index contributed by atoms with van der Waals surface area (Å²) in [6.07, 6.45) is 0. The first-order chi connectivity index (χ1) is 9.00. The van der Waals surface area contributed by atoms with E-state index in [4.69, 9.17) is 39.5 Å². The number of carbonyl (C=O) groups excluding carboxylic acids is 1. The second kappa shape index (κ2) is 5.78. The monoisotopic (exact) mass is 318 g/mol. The number of hydrogen-bond donors (Lipinski definition) is 0. The van der Waals surface area contributed by atoms with Gasteiger partial charge in [0.2, 0.25) is 0 Å². The first kappa shape index (κ1) is 14.1. The smallest absolute Gasteiger partial charge is 0.346 e. The summed E-state index contributed by atoms with van der Waals surface area (Å²) in [6.45, 7) is 0. The summed E-state index contributed by atoms with van der Waals surface area (Å²) < 4.78 is 18.6. The molecule has 2 rings (SSSR count). The quantitative estimate of drug-likeness (QED) is 0.575. The van der Waals surface area contributed by atoms with Crippen LogP contribution in [0.3, 0.4) is 0 Å². The van der Waals surface area contributed by atoms with E-state index in [9.17, 15) is 9.18 Å². The Kier molecular flexibility index (Phi) is 4.30. The Morgan fingerprint density at radius 2 is 1.63 bits per heavy atom. The van der Waals surface area contributed by atoms with Crippen molar-refractivity contribution in [3.05, 3.63) is 62.8 Å². The molecule has 0 spiro atoms. The maximum absolute atomic E-state index is 13.6. The summed E-state index contributed by atoms with van der Waals surface area (Å²) in [7, 11) is 0. The van der Waals surface area contributed by atoms with Gasteiger partial charge < -0.3 is 4.74 Å². The first-order valence-electron chi connectivity index (χ1n) is 5.11. The molecule has 0 saturated heterocycles. The maximum atomic E-state index is 13.6. The second-order valence-electron chi connectivity index (χ2n) is 3.54. The van der Waals surface area contributed by atoms with Crippen LogP contribution in [0.15, 0.2) is 36.4 Å². The SMILES string of the molecule is O=C(Oc1cccc(Cl)c1Cl)c1cccc(Cl)c1F. The van der Waals surface area contributed by atoms with E-state index in [1.165, 1.54) is 24.3 Å². The lowest BCUT2D eigenvalue weighted by Crippen LogP contribution is -2.11. The summed E-state index contributed by atoms with van der Waals surface area (Å²) in [5.74, 6) is -1.69. The molecule has 0 unspecified atom stereocenters. The van der Waals surface area contributed by atoms with Gasteiger partial charge in [-0.25, -0.2) is 9.18 Å². The number of ether oxygens (including phenoxy) is 1. The van der Waals surface area contributed by atoms with Crippen molar-refractivity contribution in [2.45, 2.75) is 0 Å². The molecule has 2 nitrogen and oxygen atoms in total. The van der Waals surface area contributed by atoms with Gasteiger partial charge in [-0.05, 0) is 24.3 Å². The van der Waals surface area contributed by atoms with Crippen LogP contribution in [0.4, 0.5) is 4.39 Å². The van der Waals surface area contributed by atoms with Crippen molar-refractivity contribution in [1.29, 1.82) is 0 Å². The molecule has 0 aliphatic heterocycles. The fourth-order valence-electron chi connectivity index (χ4n) is 1.38. The van der Waals surface area contributed by atoms with Crippen LogP contribution in [0.2, 0.25) is 15.1 Å². The summed E-state index contributed by atoms with van der Waals surface area (Å²) in [4.78, 5) is 11.8. The van der Waals surface area contributed by atoms with Gasteiger partial charge in [0, 0.05) is 0 Å². The van der Waals surface area contributed by atoms with Crippen LogP contribution in [0.1, 0.15) is 10.4 Å². The Labute approximate surface area is 123 Å². The molecule has 0 heterocycles. The van der Waals surface area contributed by atoms with Crippen molar-refractivity contribution in [3.8, 4) is 5.75 Å². The minimum atomic E-state index is -0.899. The van der Waals surface area contributed by atoms with Crippen LogP contribution in [-0.4, -0.2) is 5.97 Å². The first-order valence-corrected chi connectivity index (χ1v) is 6.24. The van der Waals surface area contributed by atoms with Crippen molar-refractivity contribution in [3.63, 3.8) is 0 Å². The van der Waals surface area contributed by atoms with Crippen molar-refractivity contribution in [2.75, 3.05) is 0 Å². The molecule has 0 N–H and O–H groups in total. The zero-order chi connectivity index (χ0) is 14.0. The summed E-state index contributed by atoms with van der Waals surface area (Å²) in [6, 6.07) is 8.60. The van der Waals surface area contributed by atoms with E-state index in [-0.39, 0.29) is 26.4 Å². The molecule has 0 fully saturated rings. The third-order valence-corrected chi connectivity index (χ3v) is 3.38. The number of esters is 1. The minimum absolute atomic E-state index is 0.0542. The highest BCUT2D eigenvalue weighted by Gasteiger charge is 2.18. The van der Waals surface area contributed by atoms with Gasteiger partial charge in [0.05, 0.1) is 15.6 Å². The van der Waals surface area contributed by atoms with Crippen LogP contribution < -0.4 is 4.74 Å². The molecule has 0 aliphatic rings. The molecule has 19 heavy (non-hydrogen) atoms. The van der Waals surface area contributed by atoms with E-state index in [1.54, 1.807) is 12.1 Å². The van der Waals surface area contributed by atoms with Gasteiger partial charge in [0.15, 0.2) is 11.6 Å². The van der Waals surface area contributed by atoms with Crippen LogP contribution in [0.25, 0.3) is 0 Å². The zero-order valence-electron chi connectivity index (χ0n) is 9.29. The van der Waals surface area contributed by atoms with Crippen molar-refractivity contribution >= 4 is 40.8 Å². The average Bonchev–Trinajstić information content (AvgIpc) is 2.38. The Morgan fingerprint density at radius 3 is 2.37 bits per heavy atom. The highest BCUT2D eigenvalue weighted by atomic mass is 35.5. The standard InChI is InChI=1S/C13H6Cl3FO2/c14-8-4-2-6-10(11(8)16)19-13(18)7-3-1-5-9(15)12(7)17/h1-6H. The molecule has 0 atom stereocenters. The molecule has 2 aromatic rings. The van der Waals surface area contributed by atoms with E-state index < -0.39 is 11.8 Å². The number of carbonyl (C=O) groups is 1. The number of hydrogen-bond acceptors (Lipinski definition) is 2. The van der Waals surface area contributed by atoms with Crippen LogP contribution in [0, 0.1) is 5.82 Å². The summed E-state index contributed by atoms with van der Waals surface area (Å²) >= 11 is 17.2. The van der Waals surface area contributed by atoms with Crippen molar-refractivity contribution < 1.29 is 13.9 Å². The predicted molar refractivity (Wildman–Crippen MR) is 72.8 cm³/mol.